The van der Waals surface area contributed by atoms with Crippen molar-refractivity contribution in [3.05, 3.63) is 53.9 Å². The van der Waals surface area contributed by atoms with Crippen LogP contribution in [0, 0.1) is 11.8 Å². The van der Waals surface area contributed by atoms with Gasteiger partial charge in [-0.1, -0.05) is 6.07 Å². The third kappa shape index (κ3) is 4.49. The summed E-state index contributed by atoms with van der Waals surface area (Å²) in [6, 6.07) is 10.1. The SMILES string of the molecule is COC(=O)c1cccc(O[C@@H]2C[C@@H]3CN(C(=O)c4cc(OC)ccn4)C[C@@H]3C[C@H]2O)c1. The lowest BCUT2D eigenvalue weighted by Crippen LogP contribution is -2.42. The van der Waals surface area contributed by atoms with E-state index in [1.165, 1.54) is 7.11 Å². The van der Waals surface area contributed by atoms with Gasteiger partial charge in [0.05, 0.1) is 25.9 Å². The predicted molar refractivity (Wildman–Crippen MR) is 111 cm³/mol. The quantitative estimate of drug-likeness (QED) is 0.732. The smallest absolute Gasteiger partial charge is 0.337 e. The highest BCUT2D eigenvalue weighted by molar-refractivity contribution is 5.93. The largest absolute Gasteiger partial charge is 0.497 e. The van der Waals surface area contributed by atoms with Crippen molar-refractivity contribution in [2.45, 2.75) is 25.0 Å². The van der Waals surface area contributed by atoms with Crippen molar-refractivity contribution in [3.8, 4) is 11.5 Å². The number of ether oxygens (including phenoxy) is 3. The molecular formula is C23H26N2O6. The summed E-state index contributed by atoms with van der Waals surface area (Å²) in [5, 5.41) is 10.7. The summed E-state index contributed by atoms with van der Waals surface area (Å²) >= 11 is 0. The zero-order valence-electron chi connectivity index (χ0n) is 17.6. The number of aliphatic hydroxyl groups is 1. The molecule has 2 aliphatic rings. The second-order valence-electron chi connectivity index (χ2n) is 8.03. The molecular weight excluding hydrogens is 400 g/mol. The van der Waals surface area contributed by atoms with E-state index < -0.39 is 18.2 Å². The summed E-state index contributed by atoms with van der Waals surface area (Å²) in [4.78, 5) is 30.6. The maximum Gasteiger partial charge on any atom is 0.337 e. The van der Waals surface area contributed by atoms with Gasteiger partial charge in [-0.25, -0.2) is 4.79 Å². The lowest BCUT2D eigenvalue weighted by molar-refractivity contribution is -0.0231. The van der Waals surface area contributed by atoms with Crippen molar-refractivity contribution in [1.82, 2.24) is 9.88 Å². The van der Waals surface area contributed by atoms with Crippen molar-refractivity contribution in [2.24, 2.45) is 11.8 Å². The number of benzene rings is 1. The zero-order chi connectivity index (χ0) is 22.0. The number of carbonyl (C=O) groups is 2. The Morgan fingerprint density at radius 1 is 1.06 bits per heavy atom. The Morgan fingerprint density at radius 3 is 2.58 bits per heavy atom. The molecule has 1 aliphatic carbocycles. The van der Waals surface area contributed by atoms with Gasteiger partial charge < -0.3 is 24.2 Å². The zero-order valence-corrected chi connectivity index (χ0v) is 17.6. The second kappa shape index (κ2) is 8.93. The van der Waals surface area contributed by atoms with E-state index in [1.807, 2.05) is 0 Å². The van der Waals surface area contributed by atoms with Gasteiger partial charge in [-0.3, -0.25) is 9.78 Å². The van der Waals surface area contributed by atoms with Crippen molar-refractivity contribution in [3.63, 3.8) is 0 Å². The molecule has 4 atom stereocenters. The number of pyridine rings is 1. The molecule has 0 radical (unpaired) electrons. The molecule has 8 nitrogen and oxygen atoms in total. The number of esters is 1. The first-order valence-corrected chi connectivity index (χ1v) is 10.3. The molecule has 0 bridgehead atoms. The van der Waals surface area contributed by atoms with Crippen LogP contribution in [0.25, 0.3) is 0 Å². The highest BCUT2D eigenvalue weighted by atomic mass is 16.5. The van der Waals surface area contributed by atoms with Gasteiger partial charge in [0.2, 0.25) is 0 Å². The van der Waals surface area contributed by atoms with E-state index in [9.17, 15) is 14.7 Å². The van der Waals surface area contributed by atoms with E-state index in [2.05, 4.69) is 4.98 Å². The number of carbonyl (C=O) groups excluding carboxylic acids is 2. The van der Waals surface area contributed by atoms with Crippen LogP contribution in [0.5, 0.6) is 11.5 Å². The molecule has 1 amide bonds. The highest BCUT2D eigenvalue weighted by Crippen LogP contribution is 2.38. The Labute approximate surface area is 180 Å². The topological polar surface area (TPSA) is 98.2 Å². The van der Waals surface area contributed by atoms with Crippen LogP contribution in [0.15, 0.2) is 42.6 Å². The Kier molecular flexibility index (Phi) is 6.08. The van der Waals surface area contributed by atoms with Gasteiger partial charge in [0, 0.05) is 25.4 Å². The Balaban J connectivity index is 1.42. The predicted octanol–water partition coefficient (Wildman–Crippen LogP) is 2.17. The average molecular weight is 426 g/mol. The van der Waals surface area contributed by atoms with Crippen LogP contribution in [0.3, 0.4) is 0 Å². The van der Waals surface area contributed by atoms with Crippen molar-refractivity contribution >= 4 is 11.9 Å². The third-order valence-electron chi connectivity index (χ3n) is 6.10. The summed E-state index contributed by atoms with van der Waals surface area (Å²) in [5.41, 5.74) is 0.748. The van der Waals surface area contributed by atoms with Crippen LogP contribution in [0.4, 0.5) is 0 Å². The van der Waals surface area contributed by atoms with Gasteiger partial charge in [-0.2, -0.15) is 0 Å². The first kappa shape index (κ1) is 21.1. The molecule has 8 heteroatoms. The minimum absolute atomic E-state index is 0.133. The van der Waals surface area contributed by atoms with Gasteiger partial charge in [0.25, 0.3) is 5.91 Å². The number of rotatable bonds is 5. The maximum absolute atomic E-state index is 12.9. The molecule has 2 aromatic rings. The number of fused-ring (bicyclic) bond motifs is 1. The minimum atomic E-state index is -0.645. The molecule has 2 heterocycles. The molecule has 1 saturated heterocycles. The molecule has 1 aromatic carbocycles. The highest BCUT2D eigenvalue weighted by Gasteiger charge is 2.44. The fraction of sp³-hybridized carbons (Fsp3) is 0.435. The normalized spacial score (nSPS) is 24.9. The van der Waals surface area contributed by atoms with E-state index in [1.54, 1.807) is 54.6 Å². The number of aliphatic hydroxyl groups excluding tert-OH is 1. The number of nitrogens with zero attached hydrogens (tertiary/aromatic N) is 2. The Morgan fingerprint density at radius 2 is 1.84 bits per heavy atom. The van der Waals surface area contributed by atoms with Crippen LogP contribution in [0.1, 0.15) is 33.7 Å². The van der Waals surface area contributed by atoms with E-state index in [4.69, 9.17) is 14.2 Å². The number of aromatic nitrogens is 1. The van der Waals surface area contributed by atoms with Gasteiger partial charge >= 0.3 is 5.97 Å². The Hall–Kier alpha value is -3.13. The number of hydrogen-bond donors (Lipinski definition) is 1. The third-order valence-corrected chi connectivity index (χ3v) is 6.10. The molecule has 0 unspecified atom stereocenters. The first-order valence-electron chi connectivity index (χ1n) is 10.3. The van der Waals surface area contributed by atoms with Crippen LogP contribution < -0.4 is 9.47 Å². The maximum atomic E-state index is 12.9. The lowest BCUT2D eigenvalue weighted by Gasteiger charge is -2.35. The molecule has 2 fully saturated rings. The minimum Gasteiger partial charge on any atom is -0.497 e. The van der Waals surface area contributed by atoms with Crippen LogP contribution >= 0.6 is 0 Å². The standard InChI is InChI=1S/C23H26N2O6/c1-29-17-6-7-24-19(11-17)22(27)25-12-15-9-20(26)21(10-16(15)13-25)31-18-5-3-4-14(8-18)23(28)30-2/h3-8,11,15-16,20-21,26H,9-10,12-13H2,1-2H3/t15-,16+,20+,21+/m0/s1. The fourth-order valence-corrected chi connectivity index (χ4v) is 4.49. The molecule has 1 saturated carbocycles. The van der Waals surface area contributed by atoms with E-state index in [0.29, 0.717) is 48.7 Å². The fourth-order valence-electron chi connectivity index (χ4n) is 4.49. The lowest BCUT2D eigenvalue weighted by atomic mass is 9.78. The van der Waals surface area contributed by atoms with Gasteiger partial charge in [-0.15, -0.1) is 0 Å². The van der Waals surface area contributed by atoms with Crippen LogP contribution in [-0.2, 0) is 4.74 Å². The number of likely N-dealkylation sites (tertiary alicyclic amines) is 1. The molecule has 1 aliphatic heterocycles. The van der Waals surface area contributed by atoms with Gasteiger partial charge in [0.15, 0.2) is 0 Å². The molecule has 0 spiro atoms. The number of amides is 1. The molecule has 1 aromatic heterocycles. The summed E-state index contributed by atoms with van der Waals surface area (Å²) < 4.78 is 16.0. The number of methoxy groups -OCH3 is 2. The van der Waals surface area contributed by atoms with Crippen LogP contribution in [-0.4, -0.2) is 66.4 Å². The summed E-state index contributed by atoms with van der Waals surface area (Å²) in [6.07, 6.45) is 1.70. The number of hydrogen-bond acceptors (Lipinski definition) is 7. The second-order valence-corrected chi connectivity index (χ2v) is 8.03. The van der Waals surface area contributed by atoms with Crippen molar-refractivity contribution < 1.29 is 28.9 Å². The van der Waals surface area contributed by atoms with Crippen molar-refractivity contribution in [1.29, 1.82) is 0 Å². The summed E-state index contributed by atoms with van der Waals surface area (Å²) in [5.74, 6) is 0.972. The average Bonchev–Trinajstić information content (AvgIpc) is 3.21. The molecule has 1 N–H and O–H groups in total. The van der Waals surface area contributed by atoms with Crippen LogP contribution in [0.2, 0.25) is 0 Å². The van der Waals surface area contributed by atoms with Gasteiger partial charge in [0.1, 0.15) is 23.3 Å². The summed E-state index contributed by atoms with van der Waals surface area (Å²) in [6.45, 7) is 1.18. The first-order chi connectivity index (χ1) is 15.0. The molecule has 4 rings (SSSR count). The molecule has 31 heavy (non-hydrogen) atoms. The van der Waals surface area contributed by atoms with E-state index in [0.717, 1.165) is 0 Å². The summed E-state index contributed by atoms with van der Waals surface area (Å²) in [7, 11) is 2.88. The van der Waals surface area contributed by atoms with E-state index in [-0.39, 0.29) is 17.7 Å². The van der Waals surface area contributed by atoms with Gasteiger partial charge in [-0.05, 0) is 48.9 Å². The van der Waals surface area contributed by atoms with Crippen molar-refractivity contribution in [2.75, 3.05) is 27.3 Å². The molecule has 164 valence electrons. The monoisotopic (exact) mass is 426 g/mol. The van der Waals surface area contributed by atoms with E-state index >= 15 is 0 Å². The Bertz CT molecular complexity index is 965.